The molecule has 0 unspecified atom stereocenters. The summed E-state index contributed by atoms with van der Waals surface area (Å²) >= 11 is 6.22. The number of hydrogen-bond donors (Lipinski definition) is 0. The van der Waals surface area contributed by atoms with E-state index in [1.807, 2.05) is 45.9 Å². The predicted octanol–water partition coefficient (Wildman–Crippen LogP) is 3.92. The zero-order chi connectivity index (χ0) is 16.4. The molecule has 0 aliphatic rings. The van der Waals surface area contributed by atoms with Crippen molar-refractivity contribution < 1.29 is 4.79 Å². The average Bonchev–Trinajstić information content (AvgIpc) is 2.41. The van der Waals surface area contributed by atoms with Gasteiger partial charge in [-0.15, -0.1) is 0 Å². The van der Waals surface area contributed by atoms with Gasteiger partial charge in [0.2, 0.25) is 5.91 Å². The van der Waals surface area contributed by atoms with Crippen LogP contribution in [0.2, 0.25) is 5.02 Å². The van der Waals surface area contributed by atoms with Crippen molar-refractivity contribution in [3.05, 3.63) is 51.6 Å². The second-order valence-corrected chi connectivity index (χ2v) is 5.92. The van der Waals surface area contributed by atoms with Crippen LogP contribution >= 0.6 is 11.6 Å². The highest BCUT2D eigenvalue weighted by Gasteiger charge is 2.19. The van der Waals surface area contributed by atoms with Crippen molar-refractivity contribution >= 4 is 23.2 Å². The SMILES string of the molecule is CC(=O)N(Cc1nc(C)cc(C)n1)c1c(C)ccc(Cl)c1C. The fourth-order valence-corrected chi connectivity index (χ4v) is 2.74. The number of carbonyl (C=O) groups excluding carboxylic acids is 1. The number of aryl methyl sites for hydroxylation is 3. The smallest absolute Gasteiger partial charge is 0.224 e. The maximum atomic E-state index is 12.2. The molecule has 1 aromatic heterocycles. The summed E-state index contributed by atoms with van der Waals surface area (Å²) < 4.78 is 0. The van der Waals surface area contributed by atoms with Gasteiger partial charge >= 0.3 is 0 Å². The second-order valence-electron chi connectivity index (χ2n) is 5.51. The van der Waals surface area contributed by atoms with Crippen LogP contribution in [-0.4, -0.2) is 15.9 Å². The number of aromatic nitrogens is 2. The first-order chi connectivity index (χ1) is 10.3. The van der Waals surface area contributed by atoms with Crippen LogP contribution in [0.4, 0.5) is 5.69 Å². The van der Waals surface area contributed by atoms with E-state index in [2.05, 4.69) is 9.97 Å². The van der Waals surface area contributed by atoms with E-state index in [0.717, 1.165) is 28.2 Å². The predicted molar refractivity (Wildman–Crippen MR) is 89.3 cm³/mol. The molecule has 0 N–H and O–H groups in total. The molecule has 116 valence electrons. The Kier molecular flexibility index (Phi) is 4.81. The van der Waals surface area contributed by atoms with E-state index in [1.165, 1.54) is 0 Å². The molecule has 1 heterocycles. The fraction of sp³-hybridized carbons (Fsp3) is 0.353. The Morgan fingerprint density at radius 2 is 1.73 bits per heavy atom. The Labute approximate surface area is 136 Å². The van der Waals surface area contributed by atoms with Gasteiger partial charge in [-0.25, -0.2) is 9.97 Å². The zero-order valence-corrected chi connectivity index (χ0v) is 14.3. The van der Waals surface area contributed by atoms with Gasteiger partial charge in [0.25, 0.3) is 0 Å². The summed E-state index contributed by atoms with van der Waals surface area (Å²) in [5.41, 5.74) is 4.52. The molecule has 22 heavy (non-hydrogen) atoms. The first-order valence-electron chi connectivity index (χ1n) is 7.14. The molecule has 0 fully saturated rings. The Hall–Kier alpha value is -1.94. The minimum Gasteiger partial charge on any atom is -0.304 e. The summed E-state index contributed by atoms with van der Waals surface area (Å²) in [5.74, 6) is 0.572. The maximum absolute atomic E-state index is 12.2. The van der Waals surface area contributed by atoms with Crippen molar-refractivity contribution in [2.75, 3.05) is 4.90 Å². The summed E-state index contributed by atoms with van der Waals surface area (Å²) in [6, 6.07) is 5.68. The average molecular weight is 318 g/mol. The van der Waals surface area contributed by atoms with Crippen molar-refractivity contribution in [1.29, 1.82) is 0 Å². The lowest BCUT2D eigenvalue weighted by molar-refractivity contribution is -0.116. The second kappa shape index (κ2) is 6.44. The third-order valence-corrected chi connectivity index (χ3v) is 3.95. The quantitative estimate of drug-likeness (QED) is 0.862. The summed E-state index contributed by atoms with van der Waals surface area (Å²) in [7, 11) is 0. The monoisotopic (exact) mass is 317 g/mol. The first-order valence-corrected chi connectivity index (χ1v) is 7.52. The molecule has 0 spiro atoms. The molecule has 0 aliphatic heterocycles. The van der Waals surface area contributed by atoms with Crippen molar-refractivity contribution in [1.82, 2.24) is 9.97 Å². The maximum Gasteiger partial charge on any atom is 0.224 e. The minimum atomic E-state index is -0.0591. The Balaban J connectivity index is 2.48. The number of benzene rings is 1. The van der Waals surface area contributed by atoms with Crippen molar-refractivity contribution in [3.63, 3.8) is 0 Å². The summed E-state index contributed by atoms with van der Waals surface area (Å²) in [5, 5.41) is 0.646. The van der Waals surface area contributed by atoms with Gasteiger partial charge in [-0.2, -0.15) is 0 Å². The van der Waals surface area contributed by atoms with Gasteiger partial charge in [-0.05, 0) is 51.0 Å². The molecular formula is C17H20ClN3O. The van der Waals surface area contributed by atoms with Gasteiger partial charge in [0.05, 0.1) is 12.2 Å². The molecule has 5 heteroatoms. The van der Waals surface area contributed by atoms with Crippen molar-refractivity contribution in [2.45, 2.75) is 41.2 Å². The molecule has 0 aliphatic carbocycles. The van der Waals surface area contributed by atoms with Gasteiger partial charge in [0, 0.05) is 23.3 Å². The van der Waals surface area contributed by atoms with Gasteiger partial charge in [0.1, 0.15) is 5.82 Å². The lowest BCUT2D eigenvalue weighted by Gasteiger charge is -2.25. The van der Waals surface area contributed by atoms with E-state index >= 15 is 0 Å². The molecule has 0 atom stereocenters. The largest absolute Gasteiger partial charge is 0.304 e. The number of rotatable bonds is 3. The lowest BCUT2D eigenvalue weighted by Crippen LogP contribution is -2.30. The number of anilines is 1. The standard InChI is InChI=1S/C17H20ClN3O/c1-10-6-7-15(18)13(4)17(10)21(14(5)22)9-16-19-11(2)8-12(3)20-16/h6-8H,9H2,1-5H3. The topological polar surface area (TPSA) is 46.1 Å². The van der Waals surface area contributed by atoms with Crippen LogP contribution in [0.5, 0.6) is 0 Å². The van der Waals surface area contributed by atoms with Crippen molar-refractivity contribution in [2.24, 2.45) is 0 Å². The third-order valence-electron chi connectivity index (χ3n) is 3.54. The van der Waals surface area contributed by atoms with Gasteiger partial charge in [0.15, 0.2) is 0 Å². The zero-order valence-electron chi connectivity index (χ0n) is 13.6. The molecule has 0 saturated heterocycles. The first kappa shape index (κ1) is 16.4. The summed E-state index contributed by atoms with van der Waals surface area (Å²) in [4.78, 5) is 22.7. The lowest BCUT2D eigenvalue weighted by atomic mass is 10.1. The molecular weight excluding hydrogens is 298 g/mol. The number of nitrogens with zero attached hydrogens (tertiary/aromatic N) is 3. The molecule has 2 aromatic rings. The molecule has 0 bridgehead atoms. The number of amides is 1. The van der Waals surface area contributed by atoms with Crippen LogP contribution < -0.4 is 4.90 Å². The van der Waals surface area contributed by atoms with E-state index in [-0.39, 0.29) is 5.91 Å². The highest BCUT2D eigenvalue weighted by molar-refractivity contribution is 6.31. The molecule has 1 aromatic carbocycles. The molecule has 4 nitrogen and oxygen atoms in total. The van der Waals surface area contributed by atoms with Gasteiger partial charge in [-0.1, -0.05) is 17.7 Å². The van der Waals surface area contributed by atoms with Gasteiger partial charge < -0.3 is 4.90 Å². The third kappa shape index (κ3) is 3.45. The number of carbonyl (C=O) groups is 1. The molecule has 2 rings (SSSR count). The molecule has 0 radical (unpaired) electrons. The van der Waals surface area contributed by atoms with Gasteiger partial charge in [-0.3, -0.25) is 4.79 Å². The summed E-state index contributed by atoms with van der Waals surface area (Å²) in [6.07, 6.45) is 0. The van der Waals surface area contributed by atoms with Crippen LogP contribution in [0.25, 0.3) is 0 Å². The number of halogens is 1. The molecule has 1 amide bonds. The molecule has 0 saturated carbocycles. The van der Waals surface area contributed by atoms with Crippen molar-refractivity contribution in [3.8, 4) is 0 Å². The Morgan fingerprint density at radius 1 is 1.14 bits per heavy atom. The van der Waals surface area contributed by atoms with E-state index in [0.29, 0.717) is 17.4 Å². The highest BCUT2D eigenvalue weighted by Crippen LogP contribution is 2.31. The Bertz CT molecular complexity index is 708. The van der Waals surface area contributed by atoms with Crippen LogP contribution in [-0.2, 0) is 11.3 Å². The van der Waals surface area contributed by atoms with E-state index in [4.69, 9.17) is 11.6 Å². The van der Waals surface area contributed by atoms with Crippen LogP contribution in [0.1, 0.15) is 35.3 Å². The normalized spacial score (nSPS) is 10.6. The highest BCUT2D eigenvalue weighted by atomic mass is 35.5. The van der Waals surface area contributed by atoms with E-state index in [1.54, 1.807) is 11.8 Å². The summed E-state index contributed by atoms with van der Waals surface area (Å²) in [6.45, 7) is 9.61. The number of hydrogen-bond acceptors (Lipinski definition) is 3. The van der Waals surface area contributed by atoms with E-state index in [9.17, 15) is 4.79 Å². The minimum absolute atomic E-state index is 0.0591. The van der Waals surface area contributed by atoms with E-state index < -0.39 is 0 Å². The fourth-order valence-electron chi connectivity index (χ4n) is 2.59. The van der Waals surface area contributed by atoms with Crippen LogP contribution in [0, 0.1) is 27.7 Å². The van der Waals surface area contributed by atoms with Crippen LogP contribution in [0.15, 0.2) is 18.2 Å². The van der Waals surface area contributed by atoms with Crippen LogP contribution in [0.3, 0.4) is 0 Å². The Morgan fingerprint density at radius 3 is 2.27 bits per heavy atom.